The molecule has 1 aromatic rings. The Balaban J connectivity index is 2.47. The summed E-state index contributed by atoms with van der Waals surface area (Å²) in [4.78, 5) is 0.0364. The minimum atomic E-state index is -0.486. The number of fused-ring (bicyclic) bond motifs is 1. The Kier molecular flexibility index (Phi) is 1.93. The van der Waals surface area contributed by atoms with Crippen molar-refractivity contribution in [2.45, 2.75) is 17.4 Å². The van der Waals surface area contributed by atoms with Gasteiger partial charge in [0, 0.05) is 4.83 Å². The third-order valence-corrected chi connectivity index (χ3v) is 3.01. The van der Waals surface area contributed by atoms with E-state index < -0.39 is 6.10 Å². The highest BCUT2D eigenvalue weighted by Gasteiger charge is 2.28. The van der Waals surface area contributed by atoms with Gasteiger partial charge in [0.25, 0.3) is 0 Å². The van der Waals surface area contributed by atoms with Gasteiger partial charge < -0.3 is 5.11 Å². The quantitative estimate of drug-likeness (QED) is 0.678. The molecule has 2 rings (SSSR count). The van der Waals surface area contributed by atoms with Crippen molar-refractivity contribution in [3.05, 3.63) is 35.1 Å². The van der Waals surface area contributed by atoms with E-state index in [0.29, 0.717) is 6.42 Å². The predicted octanol–water partition coefficient (Wildman–Crippen LogP) is 2.18. The first-order chi connectivity index (χ1) is 5.68. The molecule has 1 nitrogen and oxygen atoms in total. The Labute approximate surface area is 78.3 Å². The molecule has 0 bridgehead atoms. The molecule has 0 heterocycles. The van der Waals surface area contributed by atoms with Gasteiger partial charge in [-0.05, 0) is 29.7 Å². The molecule has 0 spiro atoms. The Hall–Kier alpha value is -0.410. The minimum Gasteiger partial charge on any atom is -0.387 e. The van der Waals surface area contributed by atoms with E-state index in [-0.39, 0.29) is 10.6 Å². The molecule has 1 aliphatic carbocycles. The van der Waals surface area contributed by atoms with E-state index >= 15 is 0 Å². The van der Waals surface area contributed by atoms with Crippen molar-refractivity contribution in [3.8, 4) is 0 Å². The van der Waals surface area contributed by atoms with Crippen LogP contribution in [0.5, 0.6) is 0 Å². The molecule has 0 radical (unpaired) electrons. The Morgan fingerprint density at radius 3 is 3.00 bits per heavy atom. The number of rotatable bonds is 0. The van der Waals surface area contributed by atoms with Gasteiger partial charge in [0.1, 0.15) is 5.82 Å². The van der Waals surface area contributed by atoms with Crippen molar-refractivity contribution >= 4 is 15.9 Å². The number of alkyl halides is 1. The fourth-order valence-electron chi connectivity index (χ4n) is 1.56. The number of hydrogen-bond donors (Lipinski definition) is 1. The molecule has 2 unspecified atom stereocenters. The molecule has 0 saturated heterocycles. The number of hydrogen-bond acceptors (Lipinski definition) is 1. The lowest BCUT2D eigenvalue weighted by atomic mass is 10.1. The van der Waals surface area contributed by atoms with Crippen LogP contribution in [0.15, 0.2) is 18.2 Å². The molecule has 1 aromatic carbocycles. The van der Waals surface area contributed by atoms with Crippen molar-refractivity contribution in [3.63, 3.8) is 0 Å². The summed E-state index contributed by atoms with van der Waals surface area (Å²) in [6, 6.07) is 4.52. The van der Waals surface area contributed by atoms with E-state index in [1.54, 1.807) is 6.07 Å². The fourth-order valence-corrected chi connectivity index (χ4v) is 2.19. The van der Waals surface area contributed by atoms with Gasteiger partial charge >= 0.3 is 0 Å². The molecule has 1 aliphatic rings. The van der Waals surface area contributed by atoms with E-state index in [1.807, 2.05) is 0 Å². The smallest absolute Gasteiger partial charge is 0.123 e. The van der Waals surface area contributed by atoms with Gasteiger partial charge in [0.2, 0.25) is 0 Å². The monoisotopic (exact) mass is 230 g/mol. The highest BCUT2D eigenvalue weighted by atomic mass is 79.9. The summed E-state index contributed by atoms with van der Waals surface area (Å²) in [5, 5.41) is 9.57. The van der Waals surface area contributed by atoms with Crippen LogP contribution in [0.3, 0.4) is 0 Å². The Morgan fingerprint density at radius 2 is 2.25 bits per heavy atom. The van der Waals surface area contributed by atoms with Gasteiger partial charge in [0.05, 0.1) is 6.10 Å². The summed E-state index contributed by atoms with van der Waals surface area (Å²) in [5.74, 6) is -0.234. The normalized spacial score (nSPS) is 27.2. The number of aliphatic hydroxyl groups is 1. The zero-order valence-corrected chi connectivity index (χ0v) is 7.88. The number of halogens is 2. The van der Waals surface area contributed by atoms with Crippen molar-refractivity contribution in [2.75, 3.05) is 0 Å². The molecule has 64 valence electrons. The maximum atomic E-state index is 12.7. The van der Waals surface area contributed by atoms with Crippen molar-refractivity contribution in [2.24, 2.45) is 0 Å². The van der Waals surface area contributed by atoms with Crippen molar-refractivity contribution < 1.29 is 9.50 Å². The summed E-state index contributed by atoms with van der Waals surface area (Å²) < 4.78 is 12.7. The average molecular weight is 231 g/mol. The molecular weight excluding hydrogens is 223 g/mol. The van der Waals surface area contributed by atoms with E-state index in [0.717, 1.165) is 11.1 Å². The van der Waals surface area contributed by atoms with Crippen molar-refractivity contribution in [1.29, 1.82) is 0 Å². The van der Waals surface area contributed by atoms with E-state index in [2.05, 4.69) is 15.9 Å². The van der Waals surface area contributed by atoms with Gasteiger partial charge in [-0.3, -0.25) is 0 Å². The fraction of sp³-hybridized carbons (Fsp3) is 0.333. The second kappa shape index (κ2) is 2.82. The first-order valence-electron chi connectivity index (χ1n) is 3.79. The maximum Gasteiger partial charge on any atom is 0.123 e. The Bertz CT molecular complexity index is 313. The van der Waals surface area contributed by atoms with Gasteiger partial charge in [-0.2, -0.15) is 0 Å². The molecule has 3 heteroatoms. The summed E-state index contributed by atoms with van der Waals surface area (Å²) >= 11 is 3.34. The van der Waals surface area contributed by atoms with Crippen LogP contribution in [-0.4, -0.2) is 9.93 Å². The van der Waals surface area contributed by atoms with Crippen LogP contribution >= 0.6 is 15.9 Å². The van der Waals surface area contributed by atoms with Crippen LogP contribution in [-0.2, 0) is 6.42 Å². The van der Waals surface area contributed by atoms with Crippen LogP contribution in [0.1, 0.15) is 17.2 Å². The maximum absolute atomic E-state index is 12.7. The van der Waals surface area contributed by atoms with Crippen LogP contribution in [0, 0.1) is 5.82 Å². The summed E-state index contributed by atoms with van der Waals surface area (Å²) in [7, 11) is 0. The SMILES string of the molecule is OC1c2ccc(F)cc2CC1Br. The van der Waals surface area contributed by atoms with Crippen molar-refractivity contribution in [1.82, 2.24) is 0 Å². The first-order valence-corrected chi connectivity index (χ1v) is 4.70. The van der Waals surface area contributed by atoms with Crippen LogP contribution in [0.25, 0.3) is 0 Å². The zero-order chi connectivity index (χ0) is 8.72. The minimum absolute atomic E-state index is 0.0364. The molecule has 0 aromatic heterocycles. The molecule has 0 amide bonds. The molecule has 0 fully saturated rings. The largest absolute Gasteiger partial charge is 0.387 e. The molecule has 0 aliphatic heterocycles. The molecule has 12 heavy (non-hydrogen) atoms. The second-order valence-corrected chi connectivity index (χ2v) is 4.18. The van der Waals surface area contributed by atoms with Gasteiger partial charge in [-0.1, -0.05) is 22.0 Å². The van der Waals surface area contributed by atoms with E-state index in [1.165, 1.54) is 12.1 Å². The van der Waals surface area contributed by atoms with Gasteiger partial charge in [0.15, 0.2) is 0 Å². The topological polar surface area (TPSA) is 20.2 Å². The van der Waals surface area contributed by atoms with E-state index in [9.17, 15) is 9.50 Å². The first kappa shape index (κ1) is 8.20. The number of aliphatic hydroxyl groups excluding tert-OH is 1. The summed E-state index contributed by atoms with van der Waals surface area (Å²) in [5.41, 5.74) is 1.75. The zero-order valence-electron chi connectivity index (χ0n) is 6.30. The lowest BCUT2D eigenvalue weighted by Crippen LogP contribution is -2.03. The van der Waals surface area contributed by atoms with Crippen LogP contribution < -0.4 is 0 Å². The number of benzene rings is 1. The van der Waals surface area contributed by atoms with E-state index in [4.69, 9.17) is 0 Å². The van der Waals surface area contributed by atoms with Gasteiger partial charge in [-0.15, -0.1) is 0 Å². The highest BCUT2D eigenvalue weighted by molar-refractivity contribution is 9.09. The summed E-state index contributed by atoms with van der Waals surface area (Å²) in [6.45, 7) is 0. The van der Waals surface area contributed by atoms with Crippen LogP contribution in [0.4, 0.5) is 4.39 Å². The molecule has 2 atom stereocenters. The third kappa shape index (κ3) is 1.17. The molecule has 0 saturated carbocycles. The lowest BCUT2D eigenvalue weighted by molar-refractivity contribution is 0.187. The average Bonchev–Trinajstić information content (AvgIpc) is 2.28. The second-order valence-electron chi connectivity index (χ2n) is 3.01. The molecule has 1 N–H and O–H groups in total. The lowest BCUT2D eigenvalue weighted by Gasteiger charge is -2.05. The van der Waals surface area contributed by atoms with Gasteiger partial charge in [-0.25, -0.2) is 4.39 Å². The molecular formula is C9H8BrFO. The predicted molar refractivity (Wildman–Crippen MR) is 47.8 cm³/mol. The highest BCUT2D eigenvalue weighted by Crippen LogP contribution is 2.35. The third-order valence-electron chi connectivity index (χ3n) is 2.18. The Morgan fingerprint density at radius 1 is 1.50 bits per heavy atom. The van der Waals surface area contributed by atoms with Crippen LogP contribution in [0.2, 0.25) is 0 Å². The standard InChI is InChI=1S/C9H8BrFO/c10-8-4-5-3-6(11)1-2-7(5)9(8)12/h1-3,8-9,12H,4H2. The summed E-state index contributed by atoms with van der Waals surface area (Å²) in [6.07, 6.45) is 0.217.